The Labute approximate surface area is 66.7 Å². The van der Waals surface area contributed by atoms with Gasteiger partial charge in [-0.05, 0) is 25.7 Å². The van der Waals surface area contributed by atoms with Gasteiger partial charge in [0, 0.05) is 6.20 Å². The molecular weight excluding hydrogens is 136 g/mol. The van der Waals surface area contributed by atoms with Gasteiger partial charge in [-0.2, -0.15) is 0 Å². The van der Waals surface area contributed by atoms with Crippen LogP contribution in [0.1, 0.15) is 30.4 Å². The van der Waals surface area contributed by atoms with E-state index in [-0.39, 0.29) is 0 Å². The Morgan fingerprint density at radius 3 is 3.00 bits per heavy atom. The highest BCUT2D eigenvalue weighted by molar-refractivity contribution is 5.18. The molecule has 2 rings (SSSR count). The summed E-state index contributed by atoms with van der Waals surface area (Å²) < 4.78 is 0. The molecule has 0 aromatic carbocycles. The molecule has 11 heavy (non-hydrogen) atoms. The predicted octanol–water partition coefficient (Wildman–Crippen LogP) is 1.53. The Hall–Kier alpha value is -0.920. The molecule has 2 heteroatoms. The first-order valence-corrected chi connectivity index (χ1v) is 4.24. The Morgan fingerprint density at radius 2 is 2.18 bits per heavy atom. The maximum atomic E-state index is 4.51. The van der Waals surface area contributed by atoms with Crippen molar-refractivity contribution in [2.24, 2.45) is 0 Å². The summed E-state index contributed by atoms with van der Waals surface area (Å²) >= 11 is 0. The summed E-state index contributed by atoms with van der Waals surface area (Å²) in [4.78, 5) is 8.88. The van der Waals surface area contributed by atoms with Gasteiger partial charge in [0.15, 0.2) is 0 Å². The summed E-state index contributed by atoms with van der Waals surface area (Å²) in [6.07, 6.45) is 6.41. The van der Waals surface area contributed by atoms with Crippen molar-refractivity contribution in [3.05, 3.63) is 23.3 Å². The Bertz CT molecular complexity index is 268. The molecule has 0 N–H and O–H groups in total. The van der Waals surface area contributed by atoms with Crippen LogP contribution in [0.15, 0.2) is 6.20 Å². The molecule has 0 aliphatic heterocycles. The third-order valence-electron chi connectivity index (χ3n) is 2.17. The van der Waals surface area contributed by atoms with Gasteiger partial charge in [0.2, 0.25) is 0 Å². The molecule has 0 saturated carbocycles. The summed E-state index contributed by atoms with van der Waals surface area (Å²) in [7, 11) is 0. The van der Waals surface area contributed by atoms with Crippen LogP contribution >= 0.6 is 0 Å². The van der Waals surface area contributed by atoms with Crippen molar-refractivity contribution in [3.63, 3.8) is 0 Å². The minimum absolute atomic E-state index is 1.00. The topological polar surface area (TPSA) is 25.8 Å². The van der Waals surface area contributed by atoms with E-state index >= 15 is 0 Å². The van der Waals surface area contributed by atoms with Gasteiger partial charge in [0.25, 0.3) is 0 Å². The first-order chi connectivity index (χ1) is 5.40. The molecule has 0 fully saturated rings. The van der Waals surface area contributed by atoms with Crippen molar-refractivity contribution in [1.82, 2.24) is 9.97 Å². The molecule has 0 atom stereocenters. The van der Waals surface area contributed by atoms with E-state index in [1.54, 1.807) is 0 Å². The van der Waals surface area contributed by atoms with E-state index in [0.717, 1.165) is 25.0 Å². The van der Waals surface area contributed by atoms with Crippen LogP contribution in [-0.4, -0.2) is 9.97 Å². The Morgan fingerprint density at radius 1 is 1.36 bits per heavy atom. The number of nitrogens with zero attached hydrogens (tertiary/aromatic N) is 2. The molecule has 0 radical (unpaired) electrons. The lowest BCUT2D eigenvalue weighted by atomic mass is 10.3. The lowest BCUT2D eigenvalue weighted by Crippen LogP contribution is -1.96. The van der Waals surface area contributed by atoms with E-state index in [9.17, 15) is 0 Å². The predicted molar refractivity (Wildman–Crippen MR) is 43.4 cm³/mol. The average Bonchev–Trinajstić information content (AvgIpc) is 2.50. The zero-order chi connectivity index (χ0) is 7.68. The van der Waals surface area contributed by atoms with Gasteiger partial charge >= 0.3 is 0 Å². The minimum atomic E-state index is 1.00. The molecule has 1 heterocycles. The SMILES string of the molecule is CCc1cnc2c(n1)CCC2. The Kier molecular flexibility index (Phi) is 1.60. The lowest BCUT2D eigenvalue weighted by molar-refractivity contribution is 0.890. The second kappa shape index (κ2) is 2.61. The quantitative estimate of drug-likeness (QED) is 0.603. The smallest absolute Gasteiger partial charge is 0.0622 e. The maximum Gasteiger partial charge on any atom is 0.0622 e. The van der Waals surface area contributed by atoms with E-state index in [2.05, 4.69) is 16.9 Å². The molecule has 1 aliphatic carbocycles. The first kappa shape index (κ1) is 6.77. The molecule has 58 valence electrons. The second-order valence-corrected chi connectivity index (χ2v) is 2.96. The molecular formula is C9H12N2. The summed E-state index contributed by atoms with van der Waals surface area (Å²) in [5.41, 5.74) is 3.59. The largest absolute Gasteiger partial charge is 0.258 e. The van der Waals surface area contributed by atoms with Gasteiger partial charge in [-0.15, -0.1) is 0 Å². The van der Waals surface area contributed by atoms with E-state index in [1.807, 2.05) is 6.20 Å². The molecule has 0 unspecified atom stereocenters. The fourth-order valence-electron chi connectivity index (χ4n) is 1.50. The molecule has 0 spiro atoms. The normalized spacial score (nSPS) is 15.0. The molecule has 1 aromatic rings. The highest BCUT2D eigenvalue weighted by atomic mass is 14.8. The van der Waals surface area contributed by atoms with Crippen molar-refractivity contribution in [3.8, 4) is 0 Å². The first-order valence-electron chi connectivity index (χ1n) is 4.24. The molecule has 2 nitrogen and oxygen atoms in total. The van der Waals surface area contributed by atoms with Crippen molar-refractivity contribution < 1.29 is 0 Å². The summed E-state index contributed by atoms with van der Waals surface area (Å²) in [5.74, 6) is 0. The van der Waals surface area contributed by atoms with Crippen LogP contribution in [0.3, 0.4) is 0 Å². The highest BCUT2D eigenvalue weighted by Crippen LogP contribution is 2.17. The van der Waals surface area contributed by atoms with E-state index in [0.29, 0.717) is 0 Å². The lowest BCUT2D eigenvalue weighted by Gasteiger charge is -1.98. The van der Waals surface area contributed by atoms with Gasteiger partial charge in [-0.25, -0.2) is 0 Å². The fourth-order valence-corrected chi connectivity index (χ4v) is 1.50. The van der Waals surface area contributed by atoms with E-state index in [1.165, 1.54) is 17.8 Å². The summed E-state index contributed by atoms with van der Waals surface area (Å²) in [5, 5.41) is 0. The molecule has 1 aromatic heterocycles. The molecule has 1 aliphatic rings. The van der Waals surface area contributed by atoms with Gasteiger partial charge in [-0.3, -0.25) is 9.97 Å². The monoisotopic (exact) mass is 148 g/mol. The number of aryl methyl sites for hydroxylation is 3. The van der Waals surface area contributed by atoms with Crippen molar-refractivity contribution in [2.75, 3.05) is 0 Å². The number of hydrogen-bond acceptors (Lipinski definition) is 2. The highest BCUT2D eigenvalue weighted by Gasteiger charge is 2.12. The number of hydrogen-bond donors (Lipinski definition) is 0. The molecule has 0 amide bonds. The molecule has 0 saturated heterocycles. The van der Waals surface area contributed by atoms with Crippen LogP contribution in [0.2, 0.25) is 0 Å². The molecule has 0 bridgehead atoms. The van der Waals surface area contributed by atoms with Crippen LogP contribution in [0.5, 0.6) is 0 Å². The van der Waals surface area contributed by atoms with Crippen LogP contribution in [0.4, 0.5) is 0 Å². The fraction of sp³-hybridized carbons (Fsp3) is 0.556. The summed E-state index contributed by atoms with van der Waals surface area (Å²) in [6.45, 7) is 2.12. The average molecular weight is 148 g/mol. The second-order valence-electron chi connectivity index (χ2n) is 2.96. The standard InChI is InChI=1S/C9H12N2/c1-2-7-6-10-8-4-3-5-9(8)11-7/h6H,2-5H2,1H3. The van der Waals surface area contributed by atoms with E-state index < -0.39 is 0 Å². The number of fused-ring (bicyclic) bond motifs is 1. The van der Waals surface area contributed by atoms with Crippen molar-refractivity contribution >= 4 is 0 Å². The van der Waals surface area contributed by atoms with Gasteiger partial charge in [-0.1, -0.05) is 6.92 Å². The van der Waals surface area contributed by atoms with Gasteiger partial charge < -0.3 is 0 Å². The minimum Gasteiger partial charge on any atom is -0.258 e. The zero-order valence-electron chi connectivity index (χ0n) is 6.80. The van der Waals surface area contributed by atoms with Crippen LogP contribution in [-0.2, 0) is 19.3 Å². The van der Waals surface area contributed by atoms with E-state index in [4.69, 9.17) is 0 Å². The van der Waals surface area contributed by atoms with Crippen LogP contribution < -0.4 is 0 Å². The van der Waals surface area contributed by atoms with Crippen molar-refractivity contribution in [2.45, 2.75) is 32.6 Å². The van der Waals surface area contributed by atoms with Crippen molar-refractivity contribution in [1.29, 1.82) is 0 Å². The van der Waals surface area contributed by atoms with Crippen LogP contribution in [0, 0.1) is 0 Å². The van der Waals surface area contributed by atoms with Crippen LogP contribution in [0.25, 0.3) is 0 Å². The van der Waals surface area contributed by atoms with Gasteiger partial charge in [0.05, 0.1) is 17.1 Å². The summed E-state index contributed by atoms with van der Waals surface area (Å²) in [6, 6.07) is 0. The third kappa shape index (κ3) is 1.13. The number of rotatable bonds is 1. The zero-order valence-corrected chi connectivity index (χ0v) is 6.80. The Balaban J connectivity index is 2.41. The number of aromatic nitrogens is 2. The van der Waals surface area contributed by atoms with Gasteiger partial charge in [0.1, 0.15) is 0 Å². The third-order valence-corrected chi connectivity index (χ3v) is 2.17. The maximum absolute atomic E-state index is 4.51.